The second-order valence-electron chi connectivity index (χ2n) is 5.93. The molecule has 0 radical (unpaired) electrons. The average molecular weight is 245 g/mol. The Balaban J connectivity index is 1.95. The number of hydrogen-bond acceptors (Lipinski definition) is 3. The molecule has 0 bridgehead atoms. The van der Waals surface area contributed by atoms with Crippen LogP contribution in [0.2, 0.25) is 0 Å². The number of hydrogen-bond donors (Lipinski definition) is 1. The highest BCUT2D eigenvalue weighted by molar-refractivity contribution is 5.81. The van der Waals surface area contributed by atoms with Crippen LogP contribution in [0.3, 0.4) is 0 Å². The Morgan fingerprint density at radius 3 is 2.39 bits per heavy atom. The molecule has 0 fully saturated rings. The second kappa shape index (κ2) is 5.01. The zero-order valence-electron chi connectivity index (χ0n) is 11.8. The minimum absolute atomic E-state index is 0.224. The molecule has 1 aromatic carbocycles. The molecule has 3 nitrogen and oxygen atoms in total. The van der Waals surface area contributed by atoms with E-state index in [1.165, 1.54) is 11.1 Å². The molecule has 18 heavy (non-hydrogen) atoms. The number of guanidine groups is 1. The van der Waals surface area contributed by atoms with Crippen molar-refractivity contribution < 1.29 is 0 Å². The molecule has 3 heteroatoms. The van der Waals surface area contributed by atoms with Gasteiger partial charge < -0.3 is 10.2 Å². The highest BCUT2D eigenvalue weighted by Crippen LogP contribution is 2.22. The highest BCUT2D eigenvalue weighted by Gasteiger charge is 2.13. The summed E-state index contributed by atoms with van der Waals surface area (Å²) >= 11 is 0. The standard InChI is InChI=1S/C15H23N3/c1-15(2,3)13-7-5-12(6-8-13)11-17-14-16-9-10-18(14)4/h5-8H,9-11H2,1-4H3,(H,16,17). The van der Waals surface area contributed by atoms with Gasteiger partial charge in [0.05, 0.1) is 6.54 Å². The third-order valence-electron chi connectivity index (χ3n) is 3.33. The molecule has 1 aromatic rings. The molecule has 0 spiro atoms. The van der Waals surface area contributed by atoms with E-state index in [1.54, 1.807) is 0 Å². The summed E-state index contributed by atoms with van der Waals surface area (Å²) in [6, 6.07) is 8.83. The molecule has 0 saturated heterocycles. The molecule has 1 aliphatic rings. The lowest BCUT2D eigenvalue weighted by molar-refractivity contribution is 0.534. The number of benzene rings is 1. The molecule has 0 amide bonds. The molecule has 2 rings (SSSR count). The molecule has 0 aromatic heterocycles. The minimum Gasteiger partial charge on any atom is -0.352 e. The predicted octanol–water partition coefficient (Wildman–Crippen LogP) is 2.38. The van der Waals surface area contributed by atoms with Crippen LogP contribution < -0.4 is 5.32 Å². The summed E-state index contributed by atoms with van der Waals surface area (Å²) in [5.74, 6) is 1.01. The first-order chi connectivity index (χ1) is 8.47. The van der Waals surface area contributed by atoms with Gasteiger partial charge in [-0.2, -0.15) is 0 Å². The number of aliphatic imine (C=N–C) groups is 1. The van der Waals surface area contributed by atoms with E-state index in [4.69, 9.17) is 0 Å². The van der Waals surface area contributed by atoms with Crippen molar-refractivity contribution in [2.45, 2.75) is 32.7 Å². The number of nitrogens with zero attached hydrogens (tertiary/aromatic N) is 2. The van der Waals surface area contributed by atoms with Gasteiger partial charge in [-0.1, -0.05) is 45.0 Å². The lowest BCUT2D eigenvalue weighted by atomic mass is 9.87. The van der Waals surface area contributed by atoms with Gasteiger partial charge in [-0.15, -0.1) is 0 Å². The third kappa shape index (κ3) is 3.03. The van der Waals surface area contributed by atoms with Crippen molar-refractivity contribution in [2.24, 2.45) is 4.99 Å². The van der Waals surface area contributed by atoms with Crippen molar-refractivity contribution in [2.75, 3.05) is 20.1 Å². The van der Waals surface area contributed by atoms with Crippen LogP contribution in [0.1, 0.15) is 31.9 Å². The van der Waals surface area contributed by atoms with Crippen LogP contribution in [0, 0.1) is 0 Å². The van der Waals surface area contributed by atoms with Gasteiger partial charge >= 0.3 is 0 Å². The SMILES string of the molecule is CN1CCN=C1NCc1ccc(C(C)(C)C)cc1. The minimum atomic E-state index is 0.224. The van der Waals surface area contributed by atoms with E-state index < -0.39 is 0 Å². The van der Waals surface area contributed by atoms with E-state index in [-0.39, 0.29) is 5.41 Å². The van der Waals surface area contributed by atoms with E-state index in [0.717, 1.165) is 25.6 Å². The van der Waals surface area contributed by atoms with Gasteiger partial charge in [-0.05, 0) is 16.5 Å². The number of rotatable bonds is 2. The second-order valence-corrected chi connectivity index (χ2v) is 5.93. The monoisotopic (exact) mass is 245 g/mol. The smallest absolute Gasteiger partial charge is 0.194 e. The molecular weight excluding hydrogens is 222 g/mol. The predicted molar refractivity (Wildman–Crippen MR) is 76.9 cm³/mol. The van der Waals surface area contributed by atoms with E-state index in [1.807, 2.05) is 0 Å². The molecule has 0 unspecified atom stereocenters. The fourth-order valence-corrected chi connectivity index (χ4v) is 2.03. The van der Waals surface area contributed by atoms with E-state index in [9.17, 15) is 0 Å². The van der Waals surface area contributed by atoms with Gasteiger partial charge in [-0.25, -0.2) is 0 Å². The molecule has 0 saturated carbocycles. The van der Waals surface area contributed by atoms with Gasteiger partial charge in [-0.3, -0.25) is 4.99 Å². The average Bonchev–Trinajstić information content (AvgIpc) is 2.72. The lowest BCUT2D eigenvalue weighted by Crippen LogP contribution is -2.35. The first-order valence-electron chi connectivity index (χ1n) is 6.56. The van der Waals surface area contributed by atoms with E-state index in [2.05, 4.69) is 67.3 Å². The number of likely N-dealkylation sites (N-methyl/N-ethyl adjacent to an activating group) is 1. The Labute approximate surface area is 110 Å². The summed E-state index contributed by atoms with van der Waals surface area (Å²) in [4.78, 5) is 6.58. The summed E-state index contributed by atoms with van der Waals surface area (Å²) in [6.45, 7) is 9.48. The summed E-state index contributed by atoms with van der Waals surface area (Å²) in [6.07, 6.45) is 0. The van der Waals surface area contributed by atoms with Gasteiger partial charge in [0.15, 0.2) is 5.96 Å². The number of nitrogens with one attached hydrogen (secondary N) is 1. The van der Waals surface area contributed by atoms with Crippen molar-refractivity contribution in [1.29, 1.82) is 0 Å². The van der Waals surface area contributed by atoms with Crippen LogP contribution in [0.15, 0.2) is 29.3 Å². The van der Waals surface area contributed by atoms with Gasteiger partial charge in [0, 0.05) is 20.1 Å². The fraction of sp³-hybridized carbons (Fsp3) is 0.533. The van der Waals surface area contributed by atoms with E-state index >= 15 is 0 Å². The van der Waals surface area contributed by atoms with Crippen molar-refractivity contribution >= 4 is 5.96 Å². The van der Waals surface area contributed by atoms with Crippen molar-refractivity contribution in [3.63, 3.8) is 0 Å². The summed E-state index contributed by atoms with van der Waals surface area (Å²) in [5.41, 5.74) is 2.90. The zero-order valence-corrected chi connectivity index (χ0v) is 11.8. The molecule has 98 valence electrons. The first kappa shape index (κ1) is 12.9. The van der Waals surface area contributed by atoms with Crippen LogP contribution >= 0.6 is 0 Å². The highest BCUT2D eigenvalue weighted by atomic mass is 15.3. The van der Waals surface area contributed by atoms with Gasteiger partial charge in [0.25, 0.3) is 0 Å². The van der Waals surface area contributed by atoms with Crippen LogP contribution in [-0.2, 0) is 12.0 Å². The Bertz CT molecular complexity index is 426. The Hall–Kier alpha value is -1.51. The molecule has 1 N–H and O–H groups in total. The zero-order chi connectivity index (χ0) is 13.2. The topological polar surface area (TPSA) is 27.6 Å². The summed E-state index contributed by atoms with van der Waals surface area (Å²) < 4.78 is 0. The largest absolute Gasteiger partial charge is 0.352 e. The van der Waals surface area contributed by atoms with Crippen molar-refractivity contribution in [3.8, 4) is 0 Å². The lowest BCUT2D eigenvalue weighted by Gasteiger charge is -2.19. The maximum atomic E-state index is 4.42. The molecule has 1 heterocycles. The van der Waals surface area contributed by atoms with Crippen molar-refractivity contribution in [1.82, 2.24) is 10.2 Å². The fourth-order valence-electron chi connectivity index (χ4n) is 2.03. The quantitative estimate of drug-likeness (QED) is 0.866. The van der Waals surface area contributed by atoms with Crippen LogP contribution in [0.5, 0.6) is 0 Å². The Morgan fingerprint density at radius 2 is 1.89 bits per heavy atom. The van der Waals surface area contributed by atoms with E-state index in [0.29, 0.717) is 0 Å². The van der Waals surface area contributed by atoms with Crippen LogP contribution in [-0.4, -0.2) is 31.0 Å². The third-order valence-corrected chi connectivity index (χ3v) is 3.33. The first-order valence-corrected chi connectivity index (χ1v) is 6.56. The molecule has 0 aliphatic carbocycles. The Kier molecular flexibility index (Phi) is 3.60. The molecular formula is C15H23N3. The van der Waals surface area contributed by atoms with Gasteiger partial charge in [0.1, 0.15) is 0 Å². The maximum Gasteiger partial charge on any atom is 0.194 e. The van der Waals surface area contributed by atoms with Gasteiger partial charge in [0.2, 0.25) is 0 Å². The van der Waals surface area contributed by atoms with Crippen LogP contribution in [0.25, 0.3) is 0 Å². The molecule has 0 atom stereocenters. The van der Waals surface area contributed by atoms with Crippen molar-refractivity contribution in [3.05, 3.63) is 35.4 Å². The summed E-state index contributed by atoms with van der Waals surface area (Å²) in [5, 5.41) is 3.38. The van der Waals surface area contributed by atoms with Crippen LogP contribution in [0.4, 0.5) is 0 Å². The normalized spacial score (nSPS) is 15.8. The maximum absolute atomic E-state index is 4.42. The Morgan fingerprint density at radius 1 is 1.22 bits per heavy atom. The molecule has 1 aliphatic heterocycles. The summed E-state index contributed by atoms with van der Waals surface area (Å²) in [7, 11) is 2.07.